The highest BCUT2D eigenvalue weighted by atomic mass is 32.2. The lowest BCUT2D eigenvalue weighted by molar-refractivity contribution is -0.116. The summed E-state index contributed by atoms with van der Waals surface area (Å²) >= 11 is 0. The van der Waals surface area contributed by atoms with Crippen molar-refractivity contribution in [2.75, 3.05) is 19.0 Å². The molecule has 0 saturated heterocycles. The molecule has 2 aromatic rings. The van der Waals surface area contributed by atoms with Gasteiger partial charge in [0, 0.05) is 18.5 Å². The normalized spacial score (nSPS) is 11.2. The fourth-order valence-electron chi connectivity index (χ4n) is 2.42. The zero-order valence-electron chi connectivity index (χ0n) is 15.5. The van der Waals surface area contributed by atoms with Gasteiger partial charge in [-0.15, -0.1) is 0 Å². The number of halogens is 2. The highest BCUT2D eigenvalue weighted by Gasteiger charge is 2.29. The molecule has 0 aliphatic rings. The minimum Gasteiger partial charge on any atom is -0.497 e. The molecule has 0 aliphatic heterocycles. The monoisotopic (exact) mass is 426 g/mol. The minimum absolute atomic E-state index is 0.0358. The topological polar surface area (TPSA) is 102 Å². The molecule has 29 heavy (non-hydrogen) atoms. The average molecular weight is 426 g/mol. The number of hydrogen-bond acceptors (Lipinski definition) is 5. The molecule has 0 aromatic heterocycles. The number of alkyl halides is 2. The number of nitrogens with one attached hydrogen (secondary N) is 2. The number of anilines is 1. The molecule has 2 rings (SSSR count). The van der Waals surface area contributed by atoms with Crippen LogP contribution in [0.15, 0.2) is 53.4 Å². The molecular formula is C19H20F2N2O5S. The van der Waals surface area contributed by atoms with E-state index in [0.717, 1.165) is 6.07 Å². The summed E-state index contributed by atoms with van der Waals surface area (Å²) in [5.41, 5.74) is 0.224. The lowest BCUT2D eigenvalue weighted by Crippen LogP contribution is -2.25. The summed E-state index contributed by atoms with van der Waals surface area (Å²) in [7, 11) is -3.32. The van der Waals surface area contributed by atoms with E-state index in [1.54, 1.807) is 24.3 Å². The van der Waals surface area contributed by atoms with Crippen LogP contribution in [0, 0.1) is 0 Å². The Hall–Kier alpha value is -3.01. The van der Waals surface area contributed by atoms with Crippen LogP contribution in [-0.2, 0) is 14.6 Å². The lowest BCUT2D eigenvalue weighted by atomic mass is 10.2. The predicted molar refractivity (Wildman–Crippen MR) is 103 cm³/mol. The van der Waals surface area contributed by atoms with Gasteiger partial charge in [-0.05, 0) is 42.8 Å². The molecule has 0 unspecified atom stereocenters. The predicted octanol–water partition coefficient (Wildman–Crippen LogP) is 2.84. The molecule has 0 spiro atoms. The van der Waals surface area contributed by atoms with Gasteiger partial charge in [-0.1, -0.05) is 12.1 Å². The van der Waals surface area contributed by atoms with Crippen molar-refractivity contribution in [1.82, 2.24) is 5.32 Å². The Morgan fingerprint density at radius 3 is 2.34 bits per heavy atom. The molecule has 2 N–H and O–H groups in total. The number of sulfone groups is 1. The number of methoxy groups -OCH3 is 1. The number of carbonyl (C=O) groups excluding carboxylic acids is 2. The van der Waals surface area contributed by atoms with Crippen LogP contribution >= 0.6 is 0 Å². The Bertz CT molecular complexity index is 963. The van der Waals surface area contributed by atoms with E-state index < -0.39 is 26.4 Å². The summed E-state index contributed by atoms with van der Waals surface area (Å²) in [4.78, 5) is 23.4. The second kappa shape index (κ2) is 9.97. The van der Waals surface area contributed by atoms with Crippen LogP contribution in [0.3, 0.4) is 0 Å². The molecule has 0 saturated carbocycles. The van der Waals surface area contributed by atoms with Crippen molar-refractivity contribution in [3.05, 3.63) is 54.1 Å². The van der Waals surface area contributed by atoms with Crippen LogP contribution in [0.25, 0.3) is 0 Å². The van der Waals surface area contributed by atoms with Crippen molar-refractivity contribution in [2.24, 2.45) is 0 Å². The van der Waals surface area contributed by atoms with E-state index in [0.29, 0.717) is 11.3 Å². The summed E-state index contributed by atoms with van der Waals surface area (Å²) in [6.45, 7) is 0.204. The highest BCUT2D eigenvalue weighted by molar-refractivity contribution is 7.91. The fraction of sp³-hybridized carbons (Fsp3) is 0.263. The van der Waals surface area contributed by atoms with Gasteiger partial charge in [0.2, 0.25) is 15.7 Å². The van der Waals surface area contributed by atoms with Crippen molar-refractivity contribution in [2.45, 2.75) is 23.5 Å². The van der Waals surface area contributed by atoms with E-state index in [4.69, 9.17) is 4.74 Å². The summed E-state index contributed by atoms with van der Waals surface area (Å²) in [5, 5.41) is 4.98. The third kappa shape index (κ3) is 5.98. The number of para-hydroxylation sites is 1. The molecule has 10 heteroatoms. The number of benzene rings is 2. The van der Waals surface area contributed by atoms with Crippen molar-refractivity contribution >= 4 is 27.3 Å². The summed E-state index contributed by atoms with van der Waals surface area (Å²) in [6.07, 6.45) is 0.240. The Morgan fingerprint density at radius 2 is 1.72 bits per heavy atom. The molecule has 0 radical (unpaired) electrons. The molecule has 0 fully saturated rings. The number of amides is 2. The molecule has 0 aliphatic carbocycles. The van der Waals surface area contributed by atoms with Crippen LogP contribution in [-0.4, -0.2) is 39.6 Å². The van der Waals surface area contributed by atoms with E-state index in [2.05, 4.69) is 10.6 Å². The van der Waals surface area contributed by atoms with Crippen LogP contribution in [0.5, 0.6) is 5.75 Å². The van der Waals surface area contributed by atoms with Gasteiger partial charge >= 0.3 is 5.76 Å². The molecule has 7 nitrogen and oxygen atoms in total. The zero-order chi connectivity index (χ0) is 21.4. The van der Waals surface area contributed by atoms with E-state index in [1.165, 1.54) is 25.3 Å². The lowest BCUT2D eigenvalue weighted by Gasteiger charge is -2.11. The molecule has 0 atom stereocenters. The maximum Gasteiger partial charge on any atom is 0.341 e. The maximum atomic E-state index is 12.8. The fourth-order valence-corrected chi connectivity index (χ4v) is 3.31. The summed E-state index contributed by atoms with van der Waals surface area (Å²) in [5.74, 6) is -3.84. The summed E-state index contributed by atoms with van der Waals surface area (Å²) in [6, 6.07) is 11.4. The molecule has 2 amide bonds. The Labute approximate surface area is 167 Å². The Kier molecular flexibility index (Phi) is 7.66. The van der Waals surface area contributed by atoms with Crippen LogP contribution in [0.2, 0.25) is 0 Å². The van der Waals surface area contributed by atoms with Gasteiger partial charge in [0.1, 0.15) is 5.75 Å². The minimum atomic E-state index is -4.84. The van der Waals surface area contributed by atoms with Gasteiger partial charge in [0.05, 0.1) is 17.7 Å². The van der Waals surface area contributed by atoms with Crippen molar-refractivity contribution in [3.8, 4) is 5.75 Å². The molecule has 0 bridgehead atoms. The third-order valence-corrected chi connectivity index (χ3v) is 5.36. The van der Waals surface area contributed by atoms with Gasteiger partial charge in [-0.2, -0.15) is 8.78 Å². The molecule has 156 valence electrons. The van der Waals surface area contributed by atoms with E-state index >= 15 is 0 Å². The van der Waals surface area contributed by atoms with E-state index in [9.17, 15) is 26.8 Å². The highest BCUT2D eigenvalue weighted by Crippen LogP contribution is 2.26. The number of hydrogen-bond donors (Lipinski definition) is 2. The van der Waals surface area contributed by atoms with Crippen LogP contribution in [0.4, 0.5) is 14.5 Å². The third-order valence-electron chi connectivity index (χ3n) is 3.92. The standard InChI is InChI=1S/C19H20F2N2O5S/c1-28-14-10-8-13(9-11-14)18(25)22-12-4-7-17(24)23-15-5-2-3-6-16(15)29(26,27)19(20)21/h2-3,5-6,8-11,19H,4,7,12H2,1H3,(H,22,25)(H,23,24). The number of carbonyl (C=O) groups is 2. The first-order chi connectivity index (χ1) is 13.8. The maximum absolute atomic E-state index is 12.8. The smallest absolute Gasteiger partial charge is 0.341 e. The largest absolute Gasteiger partial charge is 0.497 e. The second-order valence-corrected chi connectivity index (χ2v) is 7.82. The van der Waals surface area contributed by atoms with Crippen LogP contribution < -0.4 is 15.4 Å². The van der Waals surface area contributed by atoms with Gasteiger partial charge in [0.25, 0.3) is 5.91 Å². The zero-order valence-corrected chi connectivity index (χ0v) is 16.3. The van der Waals surface area contributed by atoms with Gasteiger partial charge in [0.15, 0.2) is 0 Å². The Morgan fingerprint density at radius 1 is 1.07 bits per heavy atom. The van der Waals surface area contributed by atoms with Crippen molar-refractivity contribution in [1.29, 1.82) is 0 Å². The SMILES string of the molecule is COc1ccc(C(=O)NCCCC(=O)Nc2ccccc2S(=O)(=O)C(F)F)cc1. The summed E-state index contributed by atoms with van der Waals surface area (Å²) < 4.78 is 53.9. The van der Waals surface area contributed by atoms with E-state index in [-0.39, 0.29) is 31.0 Å². The van der Waals surface area contributed by atoms with Gasteiger partial charge in [-0.3, -0.25) is 9.59 Å². The molecular weight excluding hydrogens is 406 g/mol. The van der Waals surface area contributed by atoms with Crippen molar-refractivity contribution < 1.29 is 31.5 Å². The quantitative estimate of drug-likeness (QED) is 0.601. The first-order valence-corrected chi connectivity index (χ1v) is 10.1. The Balaban J connectivity index is 1.86. The number of rotatable bonds is 9. The first kappa shape index (κ1) is 22.3. The van der Waals surface area contributed by atoms with Crippen molar-refractivity contribution in [3.63, 3.8) is 0 Å². The van der Waals surface area contributed by atoms with Crippen LogP contribution in [0.1, 0.15) is 23.2 Å². The average Bonchev–Trinajstić information content (AvgIpc) is 2.71. The first-order valence-electron chi connectivity index (χ1n) is 8.59. The number of ether oxygens (including phenoxy) is 1. The second-order valence-electron chi connectivity index (χ2n) is 5.94. The molecule has 2 aromatic carbocycles. The van der Waals surface area contributed by atoms with Gasteiger partial charge in [-0.25, -0.2) is 8.42 Å². The van der Waals surface area contributed by atoms with Gasteiger partial charge < -0.3 is 15.4 Å². The van der Waals surface area contributed by atoms with E-state index in [1.807, 2.05) is 0 Å². The molecule has 0 heterocycles.